The van der Waals surface area contributed by atoms with Gasteiger partial charge in [0.1, 0.15) is 0 Å². The van der Waals surface area contributed by atoms with E-state index >= 15 is 0 Å². The number of aryl methyl sites for hydroxylation is 1. The van der Waals surface area contributed by atoms with Crippen LogP contribution in [0.5, 0.6) is 0 Å². The second kappa shape index (κ2) is 13.2. The molecule has 0 aliphatic carbocycles. The van der Waals surface area contributed by atoms with Gasteiger partial charge < -0.3 is 21.3 Å². The van der Waals surface area contributed by atoms with Crippen LogP contribution in [0.4, 0.5) is 11.4 Å². The van der Waals surface area contributed by atoms with Gasteiger partial charge in [0.05, 0.1) is 5.69 Å². The number of nitrogens with zero attached hydrogens (tertiary/aromatic N) is 2. The van der Waals surface area contributed by atoms with Crippen LogP contribution in [0, 0.1) is 6.92 Å². The van der Waals surface area contributed by atoms with Crippen LogP contribution >= 0.6 is 0 Å². The summed E-state index contributed by atoms with van der Waals surface area (Å²) in [6, 6.07) is 24.7. The monoisotopic (exact) mass is 514 g/mol. The van der Waals surface area contributed by atoms with Gasteiger partial charge >= 0.3 is 5.91 Å². The lowest BCUT2D eigenvalue weighted by atomic mass is 10.1. The fourth-order valence-corrected chi connectivity index (χ4v) is 3.74. The Kier molecular flexibility index (Phi) is 9.72. The summed E-state index contributed by atoms with van der Waals surface area (Å²) in [6.07, 6.45) is 0. The number of anilines is 2. The molecule has 1 atom stereocenters. The lowest BCUT2D eigenvalue weighted by Crippen LogP contribution is -2.67. The topological polar surface area (TPSA) is 115 Å². The minimum Gasteiger partial charge on any atom is -0.348 e. The number of benzene rings is 3. The molecule has 3 aromatic rings. The number of carbonyl (C=O) groups excluding carboxylic acids is 3. The Morgan fingerprint density at radius 3 is 1.97 bits per heavy atom. The van der Waals surface area contributed by atoms with Crippen molar-refractivity contribution in [1.82, 2.24) is 16.0 Å². The van der Waals surface area contributed by atoms with Crippen molar-refractivity contribution >= 4 is 34.9 Å². The van der Waals surface area contributed by atoms with Crippen LogP contribution in [0.25, 0.3) is 0 Å². The maximum Gasteiger partial charge on any atom is 0.302 e. The minimum absolute atomic E-state index is 0.0408. The molecule has 1 unspecified atom stereocenters. The standard InChI is InChI=1S/C25H23N5O3.C4H11N/c1-17-13-15-21(16-14-17)30-24(33)25(27-18(2)31,28-20-11-7-4-8-12-20)23(29-30)26-22(32)19-9-5-3-6-10-19;1-3-5-4-2/h3-16,28H,1-2H3,(H,27,31)(H,26,29,32);5H,3-4H2,1-2H3. The second-order valence-corrected chi connectivity index (χ2v) is 8.60. The predicted octanol–water partition coefficient (Wildman–Crippen LogP) is 3.65. The summed E-state index contributed by atoms with van der Waals surface area (Å²) in [5.74, 6) is -1.54. The Labute approximate surface area is 223 Å². The molecule has 9 heteroatoms. The number of nitrogens with one attached hydrogen (secondary N) is 4. The van der Waals surface area contributed by atoms with E-state index in [9.17, 15) is 14.4 Å². The van der Waals surface area contributed by atoms with Crippen LogP contribution in [0.1, 0.15) is 36.7 Å². The number of amidine groups is 1. The smallest absolute Gasteiger partial charge is 0.302 e. The zero-order chi connectivity index (χ0) is 27.5. The third kappa shape index (κ3) is 6.83. The zero-order valence-corrected chi connectivity index (χ0v) is 22.1. The van der Waals surface area contributed by atoms with Crippen LogP contribution in [0.2, 0.25) is 0 Å². The first-order chi connectivity index (χ1) is 18.3. The highest BCUT2D eigenvalue weighted by molar-refractivity contribution is 6.28. The molecule has 1 aliphatic rings. The molecule has 0 aromatic heterocycles. The molecule has 38 heavy (non-hydrogen) atoms. The molecule has 1 heterocycles. The number of amides is 3. The first-order valence-corrected chi connectivity index (χ1v) is 12.5. The van der Waals surface area contributed by atoms with Crippen molar-refractivity contribution in [3.8, 4) is 0 Å². The quantitative estimate of drug-likeness (QED) is 0.360. The zero-order valence-electron chi connectivity index (χ0n) is 22.1. The first-order valence-electron chi connectivity index (χ1n) is 12.5. The van der Waals surface area contributed by atoms with Crippen molar-refractivity contribution in [1.29, 1.82) is 0 Å². The molecule has 4 N–H and O–H groups in total. The number of para-hydroxylation sites is 1. The van der Waals surface area contributed by atoms with Gasteiger partial charge in [0.15, 0.2) is 5.84 Å². The van der Waals surface area contributed by atoms with Crippen LogP contribution in [0.3, 0.4) is 0 Å². The molecule has 3 aromatic carbocycles. The average Bonchev–Trinajstić information content (AvgIpc) is 3.16. The second-order valence-electron chi connectivity index (χ2n) is 8.60. The lowest BCUT2D eigenvalue weighted by molar-refractivity contribution is -0.127. The fourth-order valence-electron chi connectivity index (χ4n) is 3.74. The van der Waals surface area contributed by atoms with Gasteiger partial charge in [-0.3, -0.25) is 14.4 Å². The van der Waals surface area contributed by atoms with Gasteiger partial charge in [-0.25, -0.2) is 0 Å². The van der Waals surface area contributed by atoms with Gasteiger partial charge in [0.2, 0.25) is 5.91 Å². The molecule has 3 amide bonds. The van der Waals surface area contributed by atoms with E-state index in [0.29, 0.717) is 16.9 Å². The molecule has 0 spiro atoms. The molecular formula is C29H34N6O3. The van der Waals surface area contributed by atoms with Crippen molar-refractivity contribution < 1.29 is 14.4 Å². The highest BCUT2D eigenvalue weighted by Crippen LogP contribution is 2.28. The van der Waals surface area contributed by atoms with Gasteiger partial charge in [0.25, 0.3) is 11.6 Å². The van der Waals surface area contributed by atoms with Gasteiger partial charge in [0, 0.05) is 18.2 Å². The highest BCUT2D eigenvalue weighted by Gasteiger charge is 2.54. The van der Waals surface area contributed by atoms with Crippen molar-refractivity contribution in [2.75, 3.05) is 23.4 Å². The fraction of sp³-hybridized carbons (Fsp3) is 0.241. The molecule has 0 bridgehead atoms. The van der Waals surface area contributed by atoms with Gasteiger partial charge in [-0.15, -0.1) is 5.10 Å². The Morgan fingerprint density at radius 1 is 0.868 bits per heavy atom. The van der Waals surface area contributed by atoms with Crippen molar-refractivity contribution in [3.05, 3.63) is 96.1 Å². The summed E-state index contributed by atoms with van der Waals surface area (Å²) in [4.78, 5) is 39.0. The molecule has 0 saturated heterocycles. The van der Waals surface area contributed by atoms with Crippen LogP contribution in [-0.4, -0.2) is 42.3 Å². The molecule has 4 rings (SSSR count). The molecule has 198 valence electrons. The number of hydrazone groups is 1. The predicted molar refractivity (Wildman–Crippen MR) is 151 cm³/mol. The third-order valence-electron chi connectivity index (χ3n) is 5.58. The maximum atomic E-state index is 13.8. The molecular weight excluding hydrogens is 480 g/mol. The number of hydrogen-bond donors (Lipinski definition) is 4. The molecule has 9 nitrogen and oxygen atoms in total. The molecule has 0 radical (unpaired) electrons. The van der Waals surface area contributed by atoms with Gasteiger partial charge in [-0.2, -0.15) is 5.01 Å². The van der Waals surface area contributed by atoms with Crippen LogP contribution in [0.15, 0.2) is 90.0 Å². The first kappa shape index (κ1) is 28.1. The lowest BCUT2D eigenvalue weighted by Gasteiger charge is -2.31. The van der Waals surface area contributed by atoms with Crippen LogP contribution in [-0.2, 0) is 9.59 Å². The molecule has 1 aliphatic heterocycles. The Bertz CT molecular complexity index is 1260. The number of hydrogen-bond acceptors (Lipinski definition) is 6. The Balaban J connectivity index is 0.000000732. The average molecular weight is 515 g/mol. The highest BCUT2D eigenvalue weighted by atomic mass is 16.2. The van der Waals surface area contributed by atoms with Crippen molar-refractivity contribution in [3.63, 3.8) is 0 Å². The summed E-state index contributed by atoms with van der Waals surface area (Å²) >= 11 is 0. The summed E-state index contributed by atoms with van der Waals surface area (Å²) in [7, 11) is 0. The van der Waals surface area contributed by atoms with E-state index in [1.54, 1.807) is 66.7 Å². The molecule has 0 fully saturated rings. The molecule has 0 saturated carbocycles. The van der Waals surface area contributed by atoms with E-state index in [1.165, 1.54) is 11.9 Å². The normalized spacial score (nSPS) is 16.2. The van der Waals surface area contributed by atoms with E-state index in [-0.39, 0.29) is 5.84 Å². The van der Waals surface area contributed by atoms with Crippen LogP contribution < -0.4 is 26.3 Å². The summed E-state index contributed by atoms with van der Waals surface area (Å²) in [5, 5.41) is 17.2. The van der Waals surface area contributed by atoms with E-state index in [2.05, 4.69) is 40.2 Å². The third-order valence-corrected chi connectivity index (χ3v) is 5.58. The van der Waals surface area contributed by atoms with Gasteiger partial charge in [-0.05, 0) is 56.4 Å². The van der Waals surface area contributed by atoms with E-state index in [1.807, 2.05) is 25.1 Å². The maximum absolute atomic E-state index is 13.8. The van der Waals surface area contributed by atoms with Gasteiger partial charge in [-0.1, -0.05) is 67.9 Å². The summed E-state index contributed by atoms with van der Waals surface area (Å²) in [6.45, 7) is 9.62. The van der Waals surface area contributed by atoms with E-state index < -0.39 is 23.4 Å². The summed E-state index contributed by atoms with van der Waals surface area (Å²) in [5.41, 5.74) is 0.647. The van der Waals surface area contributed by atoms with Crippen molar-refractivity contribution in [2.45, 2.75) is 33.4 Å². The number of carbonyl (C=O) groups is 3. The SMILES string of the molecule is CC(=O)NC1(Nc2ccccc2)C(=O)N(c2ccc(C)cc2)N=C1NC(=O)c1ccccc1.CCNCC. The Hall–Kier alpha value is -4.50. The van der Waals surface area contributed by atoms with E-state index in [4.69, 9.17) is 0 Å². The largest absolute Gasteiger partial charge is 0.348 e. The van der Waals surface area contributed by atoms with E-state index in [0.717, 1.165) is 18.7 Å². The minimum atomic E-state index is -1.82. The summed E-state index contributed by atoms with van der Waals surface area (Å²) < 4.78 is 0. The Morgan fingerprint density at radius 2 is 1.45 bits per heavy atom. The van der Waals surface area contributed by atoms with Crippen molar-refractivity contribution in [2.24, 2.45) is 5.10 Å². The number of rotatable bonds is 7.